The lowest BCUT2D eigenvalue weighted by Gasteiger charge is -2.33. The molecule has 1 unspecified atom stereocenters. The molecule has 1 aromatic rings. The van der Waals surface area contributed by atoms with Gasteiger partial charge in [0, 0.05) is 18.7 Å². The number of carbonyl (C=O) groups is 3. The van der Waals surface area contributed by atoms with E-state index < -0.39 is 0 Å². The Balaban J connectivity index is 1.40. The van der Waals surface area contributed by atoms with Crippen LogP contribution in [-0.2, 0) is 16.1 Å². The fourth-order valence-corrected chi connectivity index (χ4v) is 3.35. The average Bonchev–Trinajstić information content (AvgIpc) is 3.45. The van der Waals surface area contributed by atoms with Crippen molar-refractivity contribution < 1.29 is 19.1 Å². The van der Waals surface area contributed by atoms with E-state index in [0.29, 0.717) is 31.2 Å². The number of carbonyl (C=O) groups excluding carboxylic acids is 3. The number of nitrogens with zero attached hydrogens (tertiary/aromatic N) is 2. The zero-order chi connectivity index (χ0) is 17.4. The first kappa shape index (κ1) is 16.1. The van der Waals surface area contributed by atoms with Crippen LogP contribution < -0.4 is 5.32 Å². The highest BCUT2D eigenvalue weighted by molar-refractivity contribution is 6.01. The van der Waals surface area contributed by atoms with Crippen LogP contribution in [0.3, 0.4) is 0 Å². The fraction of sp³-hybridized carbons (Fsp3) is 0.500. The average molecular weight is 343 g/mol. The Morgan fingerprint density at radius 3 is 2.60 bits per heavy atom. The summed E-state index contributed by atoms with van der Waals surface area (Å²) in [6.45, 7) is 2.15. The van der Waals surface area contributed by atoms with Crippen LogP contribution in [0.15, 0.2) is 24.3 Å². The number of morpholine rings is 1. The van der Waals surface area contributed by atoms with Crippen LogP contribution in [0.4, 0.5) is 4.79 Å². The molecular weight excluding hydrogens is 322 g/mol. The maximum atomic E-state index is 12.7. The molecule has 2 heterocycles. The molecule has 1 saturated carbocycles. The molecule has 0 aromatic heterocycles. The van der Waals surface area contributed by atoms with Gasteiger partial charge in [0.2, 0.25) is 5.91 Å². The number of amides is 4. The predicted molar refractivity (Wildman–Crippen MR) is 88.8 cm³/mol. The van der Waals surface area contributed by atoms with Gasteiger partial charge in [-0.2, -0.15) is 0 Å². The lowest BCUT2D eigenvalue weighted by atomic mass is 10.1. The largest absolute Gasteiger partial charge is 0.374 e. The number of urea groups is 1. The van der Waals surface area contributed by atoms with Crippen molar-refractivity contribution in [1.29, 1.82) is 0 Å². The molecule has 4 amide bonds. The molecule has 3 aliphatic rings. The van der Waals surface area contributed by atoms with Gasteiger partial charge in [0.15, 0.2) is 0 Å². The van der Waals surface area contributed by atoms with Gasteiger partial charge in [-0.3, -0.25) is 14.5 Å². The standard InChI is InChI=1S/C18H21N3O4/c22-16-9-19-18(24)21(16)10-12-1-3-14(4-2-12)17(23)20-7-8-25-15(11-20)13-5-6-13/h1-4,13,15H,5-11H2,(H,19,24). The second kappa shape index (κ2) is 6.48. The van der Waals surface area contributed by atoms with Gasteiger partial charge in [-0.25, -0.2) is 4.79 Å². The summed E-state index contributed by atoms with van der Waals surface area (Å²) < 4.78 is 5.76. The number of benzene rings is 1. The molecule has 1 aromatic carbocycles. The third kappa shape index (κ3) is 3.37. The molecule has 0 spiro atoms. The molecule has 132 valence electrons. The van der Waals surface area contributed by atoms with E-state index in [2.05, 4.69) is 5.32 Å². The summed E-state index contributed by atoms with van der Waals surface area (Å²) in [7, 11) is 0. The number of nitrogens with one attached hydrogen (secondary N) is 1. The molecule has 7 nitrogen and oxygen atoms in total. The van der Waals surface area contributed by atoms with Crippen LogP contribution in [0.2, 0.25) is 0 Å². The molecular formula is C18H21N3O4. The van der Waals surface area contributed by atoms with Gasteiger partial charge in [0.25, 0.3) is 5.91 Å². The van der Waals surface area contributed by atoms with Crippen molar-refractivity contribution in [2.75, 3.05) is 26.2 Å². The Morgan fingerprint density at radius 1 is 1.20 bits per heavy atom. The van der Waals surface area contributed by atoms with Gasteiger partial charge in [0.05, 0.1) is 25.8 Å². The molecule has 4 rings (SSSR count). The van der Waals surface area contributed by atoms with Crippen LogP contribution in [0.25, 0.3) is 0 Å². The van der Waals surface area contributed by atoms with Gasteiger partial charge in [-0.05, 0) is 36.5 Å². The van der Waals surface area contributed by atoms with Crippen molar-refractivity contribution in [2.45, 2.75) is 25.5 Å². The van der Waals surface area contributed by atoms with Gasteiger partial charge in [0.1, 0.15) is 0 Å². The second-order valence-electron chi connectivity index (χ2n) is 6.83. The van der Waals surface area contributed by atoms with Gasteiger partial charge in [-0.1, -0.05) is 12.1 Å². The van der Waals surface area contributed by atoms with Gasteiger partial charge < -0.3 is 15.0 Å². The number of hydrogen-bond donors (Lipinski definition) is 1. The van der Waals surface area contributed by atoms with E-state index in [-0.39, 0.29) is 37.0 Å². The number of rotatable bonds is 4. The minimum Gasteiger partial charge on any atom is -0.374 e. The third-order valence-electron chi connectivity index (χ3n) is 5.01. The van der Waals surface area contributed by atoms with Crippen molar-refractivity contribution in [1.82, 2.24) is 15.1 Å². The lowest BCUT2D eigenvalue weighted by molar-refractivity contribution is -0.125. The Morgan fingerprint density at radius 2 is 1.96 bits per heavy atom. The normalized spacial score (nSPS) is 23.8. The highest BCUT2D eigenvalue weighted by Gasteiger charge is 2.36. The summed E-state index contributed by atoms with van der Waals surface area (Å²) in [6, 6.07) is 6.75. The zero-order valence-electron chi connectivity index (χ0n) is 13.9. The molecule has 0 bridgehead atoms. The monoisotopic (exact) mass is 343 g/mol. The van der Waals surface area contributed by atoms with Crippen LogP contribution >= 0.6 is 0 Å². The molecule has 0 radical (unpaired) electrons. The molecule has 1 aliphatic carbocycles. The van der Waals surface area contributed by atoms with Crippen molar-refractivity contribution in [3.63, 3.8) is 0 Å². The van der Waals surface area contributed by atoms with Crippen molar-refractivity contribution in [3.8, 4) is 0 Å². The van der Waals surface area contributed by atoms with E-state index in [9.17, 15) is 14.4 Å². The molecule has 3 fully saturated rings. The Hall–Kier alpha value is -2.41. The van der Waals surface area contributed by atoms with Crippen LogP contribution in [0.1, 0.15) is 28.8 Å². The third-order valence-corrected chi connectivity index (χ3v) is 5.01. The highest BCUT2D eigenvalue weighted by atomic mass is 16.5. The van der Waals surface area contributed by atoms with E-state index in [1.54, 1.807) is 24.3 Å². The van der Waals surface area contributed by atoms with Crippen LogP contribution in [0, 0.1) is 5.92 Å². The summed E-state index contributed by atoms with van der Waals surface area (Å²) in [6.07, 6.45) is 2.57. The van der Waals surface area contributed by atoms with Crippen molar-refractivity contribution >= 4 is 17.8 Å². The van der Waals surface area contributed by atoms with Crippen LogP contribution in [0.5, 0.6) is 0 Å². The molecule has 2 aliphatic heterocycles. The number of ether oxygens (including phenoxy) is 1. The SMILES string of the molecule is O=C(c1ccc(CN2C(=O)CNC2=O)cc1)N1CCOC(C2CC2)C1. The first-order valence-corrected chi connectivity index (χ1v) is 8.70. The summed E-state index contributed by atoms with van der Waals surface area (Å²) in [5.74, 6) is 0.391. The van der Waals surface area contributed by atoms with Crippen LogP contribution in [-0.4, -0.2) is 60.0 Å². The number of hydrogen-bond acceptors (Lipinski definition) is 4. The van der Waals surface area contributed by atoms with Gasteiger partial charge >= 0.3 is 6.03 Å². The summed E-state index contributed by atoms with van der Waals surface area (Å²) >= 11 is 0. The Kier molecular flexibility index (Phi) is 4.17. The molecule has 1 N–H and O–H groups in total. The van der Waals surface area contributed by atoms with E-state index in [1.807, 2.05) is 4.90 Å². The molecule has 7 heteroatoms. The van der Waals surface area contributed by atoms with Crippen molar-refractivity contribution in [3.05, 3.63) is 35.4 Å². The molecule has 2 saturated heterocycles. The smallest absolute Gasteiger partial charge is 0.324 e. The molecule has 1 atom stereocenters. The summed E-state index contributed by atoms with van der Waals surface area (Å²) in [5, 5.41) is 2.50. The highest BCUT2D eigenvalue weighted by Crippen LogP contribution is 2.35. The van der Waals surface area contributed by atoms with E-state index in [4.69, 9.17) is 4.74 Å². The summed E-state index contributed by atoms with van der Waals surface area (Å²) in [5.41, 5.74) is 1.44. The maximum Gasteiger partial charge on any atom is 0.324 e. The van der Waals surface area contributed by atoms with E-state index in [1.165, 1.54) is 17.7 Å². The first-order valence-electron chi connectivity index (χ1n) is 8.70. The number of imide groups is 1. The van der Waals surface area contributed by atoms with Gasteiger partial charge in [-0.15, -0.1) is 0 Å². The first-order chi connectivity index (χ1) is 12.1. The lowest BCUT2D eigenvalue weighted by Crippen LogP contribution is -2.46. The minimum atomic E-state index is -0.371. The maximum absolute atomic E-state index is 12.7. The molecule has 25 heavy (non-hydrogen) atoms. The Labute approximate surface area is 145 Å². The summed E-state index contributed by atoms with van der Waals surface area (Å²) in [4.78, 5) is 38.9. The van der Waals surface area contributed by atoms with E-state index >= 15 is 0 Å². The topological polar surface area (TPSA) is 79.0 Å². The van der Waals surface area contributed by atoms with E-state index in [0.717, 1.165) is 5.56 Å². The second-order valence-corrected chi connectivity index (χ2v) is 6.83. The zero-order valence-corrected chi connectivity index (χ0v) is 13.9. The van der Waals surface area contributed by atoms with Crippen molar-refractivity contribution in [2.24, 2.45) is 5.92 Å². The predicted octanol–water partition coefficient (Wildman–Crippen LogP) is 0.989. The fourth-order valence-electron chi connectivity index (χ4n) is 3.35. The quantitative estimate of drug-likeness (QED) is 0.827. The minimum absolute atomic E-state index is 0.00971. The Bertz CT molecular complexity index is 683.